The fourth-order valence-electron chi connectivity index (χ4n) is 2.18. The van der Waals surface area contributed by atoms with Crippen LogP contribution in [0.5, 0.6) is 0 Å². The highest BCUT2D eigenvalue weighted by molar-refractivity contribution is 5.98. The summed E-state index contributed by atoms with van der Waals surface area (Å²) in [5.74, 6) is -0.185. The second-order valence-electron chi connectivity index (χ2n) is 5.30. The lowest BCUT2D eigenvalue weighted by Gasteiger charge is -2.07. The first-order valence-electron chi connectivity index (χ1n) is 7.04. The summed E-state index contributed by atoms with van der Waals surface area (Å²) in [5, 5.41) is 4.59. The molecule has 6 heteroatoms. The lowest BCUT2D eigenvalue weighted by Crippen LogP contribution is -2.28. The van der Waals surface area contributed by atoms with E-state index in [9.17, 15) is 4.79 Å². The molecule has 0 saturated heterocycles. The Labute approximate surface area is 127 Å². The molecular weight excluding hydrogens is 280 g/mol. The van der Waals surface area contributed by atoms with Crippen LogP contribution in [-0.4, -0.2) is 26.7 Å². The minimum absolute atomic E-state index is 0.0994. The molecule has 0 amide bonds. The molecule has 3 rings (SSSR count). The summed E-state index contributed by atoms with van der Waals surface area (Å²) in [4.78, 5) is 21.3. The number of nitrogens with zero attached hydrogens (tertiary/aromatic N) is 4. The third kappa shape index (κ3) is 2.55. The average molecular weight is 296 g/mol. The molecule has 112 valence electrons. The van der Waals surface area contributed by atoms with E-state index in [-0.39, 0.29) is 11.9 Å². The molecule has 0 aliphatic carbocycles. The van der Waals surface area contributed by atoms with E-state index in [0.717, 1.165) is 5.39 Å². The van der Waals surface area contributed by atoms with Gasteiger partial charge >= 0.3 is 0 Å². The van der Waals surface area contributed by atoms with E-state index in [1.807, 2.05) is 32.9 Å². The first kappa shape index (κ1) is 14.2. The number of fused-ring (bicyclic) bond motifs is 1. The van der Waals surface area contributed by atoms with Gasteiger partial charge in [-0.05, 0) is 39.0 Å². The zero-order valence-corrected chi connectivity index (χ0v) is 12.6. The van der Waals surface area contributed by atoms with Crippen molar-refractivity contribution in [2.75, 3.05) is 0 Å². The highest BCUT2D eigenvalue weighted by atomic mass is 16.5. The van der Waals surface area contributed by atoms with Crippen LogP contribution in [0.2, 0.25) is 0 Å². The van der Waals surface area contributed by atoms with Crippen molar-refractivity contribution in [1.82, 2.24) is 14.7 Å². The van der Waals surface area contributed by atoms with Crippen molar-refractivity contribution >= 4 is 17.0 Å². The summed E-state index contributed by atoms with van der Waals surface area (Å²) in [7, 11) is 0. The Morgan fingerprint density at radius 2 is 2.18 bits per heavy atom. The van der Waals surface area contributed by atoms with Crippen molar-refractivity contribution in [1.29, 1.82) is 0 Å². The van der Waals surface area contributed by atoms with E-state index in [1.54, 1.807) is 18.3 Å². The maximum absolute atomic E-state index is 12.7. The summed E-state index contributed by atoms with van der Waals surface area (Å²) in [6, 6.07) is 7.32. The Morgan fingerprint density at radius 3 is 2.95 bits per heavy atom. The van der Waals surface area contributed by atoms with E-state index >= 15 is 0 Å². The second-order valence-corrected chi connectivity index (χ2v) is 5.30. The largest absolute Gasteiger partial charge is 0.336 e. The summed E-state index contributed by atoms with van der Waals surface area (Å²) in [6.45, 7) is 5.75. The van der Waals surface area contributed by atoms with Crippen LogP contribution >= 0.6 is 0 Å². The number of carbonyl (C=O) groups is 1. The SMILES string of the molecule is Cc1noc2ncc(C(=O)n3ccccc3=NC(C)C)cc12. The van der Waals surface area contributed by atoms with Crippen LogP contribution in [0.1, 0.15) is 29.9 Å². The molecule has 0 aliphatic heterocycles. The summed E-state index contributed by atoms with van der Waals surface area (Å²) in [5.41, 5.74) is 2.22. The van der Waals surface area contributed by atoms with Gasteiger partial charge in [-0.2, -0.15) is 0 Å². The van der Waals surface area contributed by atoms with Crippen LogP contribution < -0.4 is 5.49 Å². The quantitative estimate of drug-likeness (QED) is 0.727. The molecule has 0 spiro atoms. The minimum atomic E-state index is -0.185. The van der Waals surface area contributed by atoms with Crippen molar-refractivity contribution in [3.8, 4) is 0 Å². The van der Waals surface area contributed by atoms with Crippen LogP contribution in [0.25, 0.3) is 11.1 Å². The molecule has 22 heavy (non-hydrogen) atoms. The summed E-state index contributed by atoms with van der Waals surface area (Å²) in [6.07, 6.45) is 3.20. The molecule has 3 heterocycles. The number of hydrogen-bond donors (Lipinski definition) is 0. The Balaban J connectivity index is 2.12. The fourth-order valence-corrected chi connectivity index (χ4v) is 2.18. The molecule has 0 aromatic carbocycles. The van der Waals surface area contributed by atoms with E-state index in [1.165, 1.54) is 10.8 Å². The van der Waals surface area contributed by atoms with Gasteiger partial charge in [-0.15, -0.1) is 0 Å². The number of aryl methyl sites for hydroxylation is 1. The third-order valence-electron chi connectivity index (χ3n) is 3.20. The maximum Gasteiger partial charge on any atom is 0.265 e. The molecule has 0 bridgehead atoms. The summed E-state index contributed by atoms with van der Waals surface area (Å²) >= 11 is 0. The van der Waals surface area contributed by atoms with Crippen molar-refractivity contribution in [3.63, 3.8) is 0 Å². The molecule has 0 saturated carbocycles. The Morgan fingerprint density at radius 1 is 1.36 bits per heavy atom. The van der Waals surface area contributed by atoms with Gasteiger partial charge < -0.3 is 4.52 Å². The van der Waals surface area contributed by atoms with Crippen LogP contribution in [0.15, 0.2) is 46.2 Å². The minimum Gasteiger partial charge on any atom is -0.336 e. The number of carbonyl (C=O) groups excluding carboxylic acids is 1. The fraction of sp³-hybridized carbons (Fsp3) is 0.250. The van der Waals surface area contributed by atoms with Gasteiger partial charge in [-0.25, -0.2) is 4.98 Å². The predicted octanol–water partition coefficient (Wildman–Crippen LogP) is 2.33. The molecule has 6 nitrogen and oxygen atoms in total. The van der Waals surface area contributed by atoms with Crippen LogP contribution in [0.3, 0.4) is 0 Å². The van der Waals surface area contributed by atoms with E-state index in [2.05, 4.69) is 15.1 Å². The zero-order chi connectivity index (χ0) is 15.7. The standard InChI is InChI=1S/C16H16N4O2/c1-10(2)18-14-6-4-5-7-20(14)16(21)12-8-13-11(3)19-22-15(13)17-9-12/h4-10H,1-3H3. The second kappa shape index (κ2) is 5.55. The molecular formula is C16H16N4O2. The van der Waals surface area contributed by atoms with Crippen molar-refractivity contribution < 1.29 is 9.32 Å². The van der Waals surface area contributed by atoms with Gasteiger partial charge in [0.15, 0.2) is 0 Å². The molecule has 3 aromatic heterocycles. The molecule has 0 N–H and O–H groups in total. The van der Waals surface area contributed by atoms with Crippen molar-refractivity contribution in [2.45, 2.75) is 26.8 Å². The first-order chi connectivity index (χ1) is 10.6. The number of pyridine rings is 2. The molecule has 0 atom stereocenters. The third-order valence-corrected chi connectivity index (χ3v) is 3.20. The predicted molar refractivity (Wildman–Crippen MR) is 81.4 cm³/mol. The number of hydrogen-bond acceptors (Lipinski definition) is 5. The number of aromatic nitrogens is 3. The molecule has 0 unspecified atom stereocenters. The van der Waals surface area contributed by atoms with Crippen LogP contribution in [0.4, 0.5) is 0 Å². The van der Waals surface area contributed by atoms with Gasteiger partial charge in [-0.3, -0.25) is 14.4 Å². The van der Waals surface area contributed by atoms with Crippen molar-refractivity contribution in [2.24, 2.45) is 4.99 Å². The van der Waals surface area contributed by atoms with E-state index in [0.29, 0.717) is 22.5 Å². The van der Waals surface area contributed by atoms with Crippen LogP contribution in [-0.2, 0) is 0 Å². The van der Waals surface area contributed by atoms with Gasteiger partial charge in [0.25, 0.3) is 11.6 Å². The normalized spacial score (nSPS) is 12.3. The monoisotopic (exact) mass is 296 g/mol. The highest BCUT2D eigenvalue weighted by Gasteiger charge is 2.13. The van der Waals surface area contributed by atoms with Crippen LogP contribution in [0, 0.1) is 6.92 Å². The summed E-state index contributed by atoms with van der Waals surface area (Å²) < 4.78 is 6.59. The topological polar surface area (TPSA) is 73.3 Å². The zero-order valence-electron chi connectivity index (χ0n) is 12.6. The lowest BCUT2D eigenvalue weighted by molar-refractivity contribution is 0.0954. The molecule has 0 radical (unpaired) electrons. The van der Waals surface area contributed by atoms with Gasteiger partial charge in [0.1, 0.15) is 5.49 Å². The number of rotatable bonds is 2. The molecule has 0 aliphatic rings. The van der Waals surface area contributed by atoms with Gasteiger partial charge in [0.2, 0.25) is 0 Å². The van der Waals surface area contributed by atoms with Gasteiger partial charge in [0.05, 0.1) is 16.6 Å². The Bertz CT molecular complexity index is 906. The Kier molecular flexibility index (Phi) is 3.58. The smallest absolute Gasteiger partial charge is 0.265 e. The average Bonchev–Trinajstić information content (AvgIpc) is 2.87. The Hall–Kier alpha value is -2.76. The highest BCUT2D eigenvalue weighted by Crippen LogP contribution is 2.17. The van der Waals surface area contributed by atoms with Gasteiger partial charge in [-0.1, -0.05) is 11.2 Å². The van der Waals surface area contributed by atoms with E-state index in [4.69, 9.17) is 4.52 Å². The lowest BCUT2D eigenvalue weighted by atomic mass is 10.2. The molecule has 0 fully saturated rings. The van der Waals surface area contributed by atoms with Gasteiger partial charge in [0, 0.05) is 18.4 Å². The van der Waals surface area contributed by atoms with Crippen molar-refractivity contribution in [3.05, 3.63) is 53.4 Å². The molecule has 3 aromatic rings. The first-order valence-corrected chi connectivity index (χ1v) is 7.04. The van der Waals surface area contributed by atoms with E-state index < -0.39 is 0 Å². The maximum atomic E-state index is 12.7.